The van der Waals surface area contributed by atoms with Gasteiger partial charge in [-0.3, -0.25) is 14.4 Å². The summed E-state index contributed by atoms with van der Waals surface area (Å²) in [5, 5.41) is 4.75. The van der Waals surface area contributed by atoms with E-state index in [-0.39, 0.29) is 13.0 Å². The third-order valence-electron chi connectivity index (χ3n) is 6.66. The molecular formula is C32H35Cl3N2O13. The molecule has 3 rings (SSSR count). The van der Waals surface area contributed by atoms with Gasteiger partial charge in [0.25, 0.3) is 0 Å². The van der Waals surface area contributed by atoms with Crippen molar-refractivity contribution in [2.45, 2.75) is 74.3 Å². The van der Waals surface area contributed by atoms with Crippen molar-refractivity contribution in [2.75, 3.05) is 13.2 Å². The zero-order chi connectivity index (χ0) is 36.8. The van der Waals surface area contributed by atoms with Gasteiger partial charge in [0.05, 0.1) is 0 Å². The standard InChI is InChI=1S/C32H35Cl3N2O13/c1-18(38)44-16-24-26(47-19(2)39)27(48-20(3)40)25(37-30(42)46-17-32(33,34)35)29(49-24)50-31(43)36-23(14-21-10-6-4-7-11-21)28(41)45-15-22-12-8-5-9-13-22/h4-13,23-27,29H,14-17H2,1-3H3,(H,36,43)(H,37,42)/t23-,24+,25+,26+,27+,29-/m0/s1. The zero-order valence-electron chi connectivity index (χ0n) is 27.0. The Hall–Kier alpha value is -4.31. The first-order valence-corrected chi connectivity index (χ1v) is 16.1. The Morgan fingerprint density at radius 3 is 1.88 bits per heavy atom. The molecule has 50 heavy (non-hydrogen) atoms. The Balaban J connectivity index is 1.92. The molecular weight excluding hydrogens is 727 g/mol. The third kappa shape index (κ3) is 13.9. The molecule has 2 aromatic carbocycles. The SMILES string of the molecule is CC(=O)OC[C@H]1O[C@@H](OC(=O)N[C@@H](Cc2ccccc2)C(=O)OCc2ccccc2)[C@H](NC(=O)OCC(Cl)(Cl)Cl)[C@@H](OC(C)=O)[C@@H]1OC(C)=O. The molecule has 0 saturated carbocycles. The Bertz CT molecular complexity index is 1480. The number of esters is 4. The summed E-state index contributed by atoms with van der Waals surface area (Å²) in [6.45, 7) is 1.79. The molecule has 6 atom stereocenters. The molecule has 2 aromatic rings. The number of hydrogen-bond donors (Lipinski definition) is 2. The highest BCUT2D eigenvalue weighted by molar-refractivity contribution is 6.67. The molecule has 0 radical (unpaired) electrons. The van der Waals surface area contributed by atoms with Crippen LogP contribution in [0.4, 0.5) is 9.59 Å². The van der Waals surface area contributed by atoms with Gasteiger partial charge in [0.2, 0.25) is 10.1 Å². The molecule has 2 N–H and O–H groups in total. The molecule has 0 aromatic heterocycles. The van der Waals surface area contributed by atoms with Gasteiger partial charge < -0.3 is 43.8 Å². The maximum Gasteiger partial charge on any atom is 0.410 e. The average molecular weight is 762 g/mol. The summed E-state index contributed by atoms with van der Waals surface area (Å²) < 4.78 is 35.6. The van der Waals surface area contributed by atoms with E-state index in [9.17, 15) is 28.8 Å². The van der Waals surface area contributed by atoms with E-state index in [0.717, 1.165) is 20.8 Å². The highest BCUT2D eigenvalue weighted by Crippen LogP contribution is 2.29. The number of nitrogens with one attached hydrogen (secondary N) is 2. The van der Waals surface area contributed by atoms with Gasteiger partial charge in [-0.1, -0.05) is 95.5 Å². The number of halogens is 3. The molecule has 0 spiro atoms. The van der Waals surface area contributed by atoms with Gasteiger partial charge in [-0.25, -0.2) is 14.4 Å². The Morgan fingerprint density at radius 2 is 1.32 bits per heavy atom. The van der Waals surface area contributed by atoms with Crippen LogP contribution in [0, 0.1) is 0 Å². The van der Waals surface area contributed by atoms with E-state index < -0.39 is 89.8 Å². The van der Waals surface area contributed by atoms with E-state index in [1.165, 1.54) is 0 Å². The minimum atomic E-state index is -2.01. The number of carbonyl (C=O) groups is 6. The van der Waals surface area contributed by atoms with Crippen molar-refractivity contribution in [1.82, 2.24) is 10.6 Å². The second kappa shape index (κ2) is 19.2. The highest BCUT2D eigenvalue weighted by atomic mass is 35.6. The molecule has 1 heterocycles. The first kappa shape index (κ1) is 40.1. The molecule has 1 aliphatic rings. The van der Waals surface area contributed by atoms with Gasteiger partial charge in [0.15, 0.2) is 12.2 Å². The van der Waals surface area contributed by atoms with Crippen LogP contribution in [0.1, 0.15) is 31.9 Å². The number of carbonyl (C=O) groups excluding carboxylic acids is 6. The van der Waals surface area contributed by atoms with Gasteiger partial charge in [-0.15, -0.1) is 0 Å². The molecule has 2 amide bonds. The molecule has 0 bridgehead atoms. The minimum absolute atomic E-state index is 0.0141. The van der Waals surface area contributed by atoms with E-state index in [2.05, 4.69) is 10.6 Å². The summed E-state index contributed by atoms with van der Waals surface area (Å²) in [7, 11) is 0. The van der Waals surface area contributed by atoms with Crippen LogP contribution in [0.15, 0.2) is 60.7 Å². The summed E-state index contributed by atoms with van der Waals surface area (Å²) in [6, 6.07) is 14.6. The Morgan fingerprint density at radius 1 is 0.740 bits per heavy atom. The van der Waals surface area contributed by atoms with E-state index in [4.69, 9.17) is 68.0 Å². The summed E-state index contributed by atoms with van der Waals surface area (Å²) in [5.74, 6) is -3.32. The fraction of sp³-hybridized carbons (Fsp3) is 0.438. The van der Waals surface area contributed by atoms with Crippen LogP contribution >= 0.6 is 34.8 Å². The number of alkyl carbamates (subject to hydrolysis) is 2. The first-order chi connectivity index (χ1) is 23.6. The van der Waals surface area contributed by atoms with E-state index in [1.54, 1.807) is 60.7 Å². The minimum Gasteiger partial charge on any atom is -0.463 e. The van der Waals surface area contributed by atoms with Crippen LogP contribution in [0.3, 0.4) is 0 Å². The van der Waals surface area contributed by atoms with Crippen molar-refractivity contribution in [2.24, 2.45) is 0 Å². The highest BCUT2D eigenvalue weighted by Gasteiger charge is 2.53. The Kier molecular flexibility index (Phi) is 15.4. The van der Waals surface area contributed by atoms with Gasteiger partial charge in [-0.05, 0) is 11.1 Å². The van der Waals surface area contributed by atoms with Crippen LogP contribution in [0.25, 0.3) is 0 Å². The van der Waals surface area contributed by atoms with Crippen LogP contribution in [0.2, 0.25) is 0 Å². The fourth-order valence-electron chi connectivity index (χ4n) is 4.64. The molecule has 0 aliphatic carbocycles. The summed E-state index contributed by atoms with van der Waals surface area (Å²) in [6.07, 6.45) is -8.91. The summed E-state index contributed by atoms with van der Waals surface area (Å²) in [4.78, 5) is 75.5. The predicted molar refractivity (Wildman–Crippen MR) is 175 cm³/mol. The van der Waals surface area contributed by atoms with Crippen molar-refractivity contribution in [3.63, 3.8) is 0 Å². The Labute approximate surface area is 302 Å². The first-order valence-electron chi connectivity index (χ1n) is 15.0. The van der Waals surface area contributed by atoms with Crippen LogP contribution in [0.5, 0.6) is 0 Å². The lowest BCUT2D eigenvalue weighted by Crippen LogP contribution is -2.67. The summed E-state index contributed by atoms with van der Waals surface area (Å²) >= 11 is 17.0. The second-order valence-electron chi connectivity index (χ2n) is 10.7. The normalized spacial score (nSPS) is 20.6. The maximum atomic E-state index is 13.4. The average Bonchev–Trinajstić information content (AvgIpc) is 3.04. The molecule has 1 aliphatic heterocycles. The van der Waals surface area contributed by atoms with Gasteiger partial charge in [0.1, 0.15) is 38.0 Å². The zero-order valence-corrected chi connectivity index (χ0v) is 29.3. The molecule has 1 fully saturated rings. The quantitative estimate of drug-likeness (QED) is 0.171. The number of ether oxygens (including phenoxy) is 7. The van der Waals surface area contributed by atoms with Crippen LogP contribution < -0.4 is 10.6 Å². The van der Waals surface area contributed by atoms with Crippen LogP contribution in [-0.2, 0) is 65.4 Å². The van der Waals surface area contributed by atoms with E-state index in [0.29, 0.717) is 11.1 Å². The number of hydrogen-bond acceptors (Lipinski definition) is 13. The van der Waals surface area contributed by atoms with Crippen molar-refractivity contribution in [3.05, 3.63) is 71.8 Å². The smallest absolute Gasteiger partial charge is 0.410 e. The van der Waals surface area contributed by atoms with Crippen LogP contribution in [-0.4, -0.2) is 89.8 Å². The van der Waals surface area contributed by atoms with Crippen molar-refractivity contribution < 1.29 is 61.9 Å². The lowest BCUT2D eigenvalue weighted by atomic mass is 9.96. The number of amides is 2. The fourth-order valence-corrected chi connectivity index (χ4v) is 4.80. The number of rotatable bonds is 13. The van der Waals surface area contributed by atoms with Crippen molar-refractivity contribution in [3.8, 4) is 0 Å². The topological polar surface area (TPSA) is 191 Å². The van der Waals surface area contributed by atoms with E-state index >= 15 is 0 Å². The number of benzene rings is 2. The van der Waals surface area contributed by atoms with Gasteiger partial charge in [0, 0.05) is 27.2 Å². The van der Waals surface area contributed by atoms with Gasteiger partial charge in [-0.2, -0.15) is 0 Å². The van der Waals surface area contributed by atoms with Gasteiger partial charge >= 0.3 is 36.1 Å². The molecule has 1 saturated heterocycles. The second-order valence-corrected chi connectivity index (χ2v) is 13.3. The molecule has 15 nitrogen and oxygen atoms in total. The predicted octanol–water partition coefficient (Wildman–Crippen LogP) is 3.68. The lowest BCUT2D eigenvalue weighted by molar-refractivity contribution is -0.263. The monoisotopic (exact) mass is 760 g/mol. The van der Waals surface area contributed by atoms with Crippen molar-refractivity contribution in [1.29, 1.82) is 0 Å². The number of alkyl halides is 3. The molecule has 18 heteroatoms. The third-order valence-corrected chi connectivity index (χ3v) is 6.99. The summed E-state index contributed by atoms with van der Waals surface area (Å²) in [5.41, 5.74) is 1.37. The molecule has 0 unspecified atom stereocenters. The lowest BCUT2D eigenvalue weighted by Gasteiger charge is -2.44. The van der Waals surface area contributed by atoms with E-state index in [1.807, 2.05) is 0 Å². The van der Waals surface area contributed by atoms with Crippen molar-refractivity contribution >= 4 is 70.9 Å². The largest absolute Gasteiger partial charge is 0.463 e. The molecule has 272 valence electrons. The maximum absolute atomic E-state index is 13.4.